The van der Waals surface area contributed by atoms with Gasteiger partial charge in [-0.2, -0.15) is 0 Å². The van der Waals surface area contributed by atoms with Crippen molar-refractivity contribution in [1.29, 1.82) is 0 Å². The van der Waals surface area contributed by atoms with E-state index in [0.29, 0.717) is 6.61 Å². The zero-order valence-corrected chi connectivity index (χ0v) is 5.49. The van der Waals surface area contributed by atoms with Crippen LogP contribution in [0.25, 0.3) is 0 Å². The molecule has 50 valence electrons. The van der Waals surface area contributed by atoms with Crippen LogP contribution in [-0.4, -0.2) is 4.98 Å². The van der Waals surface area contributed by atoms with Crippen LogP contribution < -0.4 is 5.48 Å². The molecule has 2 N–H and O–H groups in total. The second-order valence-electron chi connectivity index (χ2n) is 1.78. The van der Waals surface area contributed by atoms with Gasteiger partial charge >= 0.3 is 0 Å². The van der Waals surface area contributed by atoms with E-state index in [1.165, 1.54) is 5.56 Å². The van der Waals surface area contributed by atoms with Crippen LogP contribution in [0.15, 0.2) is 12.4 Å². The molecule has 1 aromatic rings. The Labute approximate surface area is 58.8 Å². The van der Waals surface area contributed by atoms with Crippen molar-refractivity contribution in [1.82, 2.24) is 4.98 Å². The molecular formula is C5H7ClN2O. The molecule has 0 radical (unpaired) electrons. The van der Waals surface area contributed by atoms with E-state index in [1.54, 1.807) is 0 Å². The maximum absolute atomic E-state index is 4.88. The van der Waals surface area contributed by atoms with Crippen LogP contribution in [0.2, 0.25) is 0 Å². The molecule has 0 spiro atoms. The molecule has 0 unspecified atom stereocenters. The van der Waals surface area contributed by atoms with Crippen molar-refractivity contribution in [2.45, 2.75) is 6.61 Å². The fourth-order valence-electron chi connectivity index (χ4n) is 0.802. The topological polar surface area (TPSA) is 37.0 Å². The van der Waals surface area contributed by atoms with Crippen LogP contribution in [0.3, 0.4) is 0 Å². The molecule has 0 aliphatic carbocycles. The number of anilines is 1. The van der Waals surface area contributed by atoms with Crippen molar-refractivity contribution in [3.8, 4) is 0 Å². The first-order valence-electron chi connectivity index (χ1n) is 2.50. The minimum atomic E-state index is 0. The third kappa shape index (κ3) is 0.886. The van der Waals surface area contributed by atoms with E-state index in [4.69, 9.17) is 4.84 Å². The molecule has 2 rings (SSSR count). The van der Waals surface area contributed by atoms with Crippen molar-refractivity contribution in [3.63, 3.8) is 0 Å². The standard InChI is InChI=1S/C5H6N2O.ClH/c1-4-3-8-7-5(4)2-6-1;/h1-2,6-7H,3H2;1H. The van der Waals surface area contributed by atoms with E-state index < -0.39 is 0 Å². The average molecular weight is 147 g/mol. The molecule has 1 aliphatic rings. The van der Waals surface area contributed by atoms with Gasteiger partial charge in [-0.1, -0.05) is 0 Å². The van der Waals surface area contributed by atoms with Gasteiger partial charge < -0.3 is 4.98 Å². The third-order valence-electron chi connectivity index (χ3n) is 1.24. The highest BCUT2D eigenvalue weighted by molar-refractivity contribution is 5.85. The zero-order chi connectivity index (χ0) is 5.40. The molecular weight excluding hydrogens is 140 g/mol. The number of hydrogen-bond acceptors (Lipinski definition) is 2. The number of aromatic amines is 1. The molecule has 0 saturated heterocycles. The summed E-state index contributed by atoms with van der Waals surface area (Å²) in [6, 6.07) is 0. The third-order valence-corrected chi connectivity index (χ3v) is 1.24. The maximum Gasteiger partial charge on any atom is 0.103 e. The lowest BCUT2D eigenvalue weighted by molar-refractivity contribution is 0.201. The summed E-state index contributed by atoms with van der Waals surface area (Å²) < 4.78 is 0. The Bertz CT molecular complexity index is 180. The van der Waals surface area contributed by atoms with Crippen molar-refractivity contribution in [2.24, 2.45) is 0 Å². The van der Waals surface area contributed by atoms with Gasteiger partial charge in [0.1, 0.15) is 6.61 Å². The van der Waals surface area contributed by atoms with Gasteiger partial charge in [0.2, 0.25) is 0 Å². The fourth-order valence-corrected chi connectivity index (χ4v) is 0.802. The lowest BCUT2D eigenvalue weighted by atomic mass is 10.3. The summed E-state index contributed by atoms with van der Waals surface area (Å²) in [6.45, 7) is 0.679. The van der Waals surface area contributed by atoms with Crippen molar-refractivity contribution >= 4 is 18.1 Å². The average Bonchev–Trinajstić information content (AvgIpc) is 2.15. The lowest BCUT2D eigenvalue weighted by Gasteiger charge is -1.87. The Hall–Kier alpha value is -0.670. The van der Waals surface area contributed by atoms with Gasteiger partial charge in [-0.15, -0.1) is 12.4 Å². The monoisotopic (exact) mass is 146 g/mol. The summed E-state index contributed by atoms with van der Waals surface area (Å²) in [6.07, 6.45) is 3.80. The number of aromatic nitrogens is 1. The lowest BCUT2D eigenvalue weighted by Crippen LogP contribution is -1.86. The number of rotatable bonds is 0. The van der Waals surface area contributed by atoms with Gasteiger partial charge in [0.15, 0.2) is 0 Å². The zero-order valence-electron chi connectivity index (χ0n) is 4.68. The quantitative estimate of drug-likeness (QED) is 0.579. The highest BCUT2D eigenvalue weighted by Gasteiger charge is 2.09. The Balaban J connectivity index is 0.000000405. The van der Waals surface area contributed by atoms with Crippen LogP contribution in [0.5, 0.6) is 0 Å². The number of H-pyrrole nitrogens is 1. The number of nitrogens with one attached hydrogen (secondary N) is 2. The molecule has 0 bridgehead atoms. The Morgan fingerprint density at radius 3 is 3.11 bits per heavy atom. The normalized spacial score (nSPS) is 13.8. The Morgan fingerprint density at radius 1 is 1.44 bits per heavy atom. The number of fused-ring (bicyclic) bond motifs is 1. The predicted molar refractivity (Wildman–Crippen MR) is 36.5 cm³/mol. The first-order valence-corrected chi connectivity index (χ1v) is 2.50. The molecule has 2 heterocycles. The van der Waals surface area contributed by atoms with E-state index in [-0.39, 0.29) is 12.4 Å². The molecule has 0 amide bonds. The predicted octanol–water partition coefficient (Wildman–Crippen LogP) is 1.29. The summed E-state index contributed by atoms with van der Waals surface area (Å²) in [5.41, 5.74) is 5.01. The van der Waals surface area contributed by atoms with Crippen LogP contribution in [0.1, 0.15) is 5.56 Å². The van der Waals surface area contributed by atoms with Crippen molar-refractivity contribution in [3.05, 3.63) is 18.0 Å². The summed E-state index contributed by atoms with van der Waals surface area (Å²) in [7, 11) is 0. The summed E-state index contributed by atoms with van der Waals surface area (Å²) in [5.74, 6) is 0. The van der Waals surface area contributed by atoms with E-state index in [1.807, 2.05) is 12.4 Å². The van der Waals surface area contributed by atoms with Crippen LogP contribution in [0, 0.1) is 0 Å². The molecule has 9 heavy (non-hydrogen) atoms. The van der Waals surface area contributed by atoms with Crippen LogP contribution in [-0.2, 0) is 11.4 Å². The molecule has 0 aromatic carbocycles. The Kier molecular flexibility index (Phi) is 1.64. The SMILES string of the molecule is Cl.c1[nH]cc2c1CON2. The van der Waals surface area contributed by atoms with Gasteiger partial charge in [-0.25, -0.2) is 0 Å². The van der Waals surface area contributed by atoms with Gasteiger partial charge in [-0.05, 0) is 0 Å². The fraction of sp³-hybridized carbons (Fsp3) is 0.200. The smallest absolute Gasteiger partial charge is 0.103 e. The van der Waals surface area contributed by atoms with Gasteiger partial charge in [-0.3, -0.25) is 10.3 Å². The summed E-state index contributed by atoms with van der Waals surface area (Å²) in [4.78, 5) is 7.84. The van der Waals surface area contributed by atoms with Crippen LogP contribution >= 0.6 is 12.4 Å². The number of hydrogen-bond donors (Lipinski definition) is 2. The molecule has 0 saturated carbocycles. The molecule has 1 aromatic heterocycles. The van der Waals surface area contributed by atoms with E-state index in [2.05, 4.69) is 10.5 Å². The largest absolute Gasteiger partial charge is 0.365 e. The molecule has 3 nitrogen and oxygen atoms in total. The van der Waals surface area contributed by atoms with Gasteiger partial charge in [0.25, 0.3) is 0 Å². The highest BCUT2D eigenvalue weighted by atomic mass is 35.5. The van der Waals surface area contributed by atoms with E-state index in [0.717, 1.165) is 5.69 Å². The Morgan fingerprint density at radius 2 is 2.33 bits per heavy atom. The second-order valence-corrected chi connectivity index (χ2v) is 1.78. The maximum atomic E-state index is 4.88. The molecule has 4 heteroatoms. The van der Waals surface area contributed by atoms with Crippen molar-refractivity contribution < 1.29 is 4.84 Å². The minimum Gasteiger partial charge on any atom is -0.365 e. The summed E-state index contributed by atoms with van der Waals surface area (Å²) >= 11 is 0. The van der Waals surface area contributed by atoms with Crippen molar-refractivity contribution in [2.75, 3.05) is 5.48 Å². The second kappa shape index (κ2) is 2.29. The minimum absolute atomic E-state index is 0. The molecule has 1 aliphatic heterocycles. The first kappa shape index (κ1) is 6.45. The first-order chi connectivity index (χ1) is 3.97. The van der Waals surface area contributed by atoms with Gasteiger partial charge in [0.05, 0.1) is 5.69 Å². The molecule has 0 fully saturated rings. The van der Waals surface area contributed by atoms with E-state index in [9.17, 15) is 0 Å². The summed E-state index contributed by atoms with van der Waals surface area (Å²) in [5, 5.41) is 0. The highest BCUT2D eigenvalue weighted by Crippen LogP contribution is 2.20. The van der Waals surface area contributed by atoms with Gasteiger partial charge in [0, 0.05) is 18.0 Å². The molecule has 0 atom stereocenters. The van der Waals surface area contributed by atoms with Crippen LogP contribution in [0.4, 0.5) is 5.69 Å². The number of halogens is 1. The van der Waals surface area contributed by atoms with E-state index >= 15 is 0 Å².